The second-order valence-corrected chi connectivity index (χ2v) is 7.78. The lowest BCUT2D eigenvalue weighted by molar-refractivity contribution is -0.133. The van der Waals surface area contributed by atoms with Crippen molar-refractivity contribution in [2.75, 3.05) is 26.2 Å². The maximum atomic E-state index is 11.2. The van der Waals surface area contributed by atoms with Crippen LogP contribution in [0.5, 0.6) is 0 Å². The third-order valence-corrected chi connectivity index (χ3v) is 5.44. The maximum absolute atomic E-state index is 11.2. The summed E-state index contributed by atoms with van der Waals surface area (Å²) in [6.07, 6.45) is 4.26. The standard InChI is InChI=1S/C23H23Cl2NO3.ClH/c1-16-5-2-3-7-19(16)21(20-9-8-18(24)13-22(20)25)15-29-12-11-26-10-4-6-17(14-26)23(27)28;/h2-3,5-9,13,15H,4,10-12,14H2,1H3,(H,27,28);1H/b21-15+;. The van der Waals surface area contributed by atoms with Gasteiger partial charge in [0.05, 0.1) is 11.3 Å². The number of aryl methyl sites for hydroxylation is 1. The van der Waals surface area contributed by atoms with Gasteiger partial charge in [0.2, 0.25) is 0 Å². The van der Waals surface area contributed by atoms with Crippen molar-refractivity contribution >= 4 is 47.2 Å². The Kier molecular flexibility index (Phi) is 9.25. The van der Waals surface area contributed by atoms with E-state index in [2.05, 4.69) is 4.90 Å². The minimum atomic E-state index is -0.852. The van der Waals surface area contributed by atoms with Gasteiger partial charge in [-0.2, -0.15) is 0 Å². The molecule has 1 aliphatic heterocycles. The Balaban J connectivity index is 0.00000320. The number of carboxylic acids is 1. The zero-order chi connectivity index (χ0) is 20.8. The highest BCUT2D eigenvalue weighted by Gasteiger charge is 2.17. The van der Waals surface area contributed by atoms with Crippen molar-refractivity contribution < 1.29 is 14.6 Å². The highest BCUT2D eigenvalue weighted by molar-refractivity contribution is 6.35. The third-order valence-electron chi connectivity index (χ3n) is 4.89. The van der Waals surface area contributed by atoms with Gasteiger partial charge in [-0.3, -0.25) is 4.90 Å². The van der Waals surface area contributed by atoms with Crippen molar-refractivity contribution in [3.05, 3.63) is 87.1 Å². The van der Waals surface area contributed by atoms with E-state index in [0.29, 0.717) is 35.3 Å². The van der Waals surface area contributed by atoms with Gasteiger partial charge in [0.15, 0.2) is 0 Å². The molecule has 0 aliphatic carbocycles. The molecule has 2 aromatic rings. The predicted molar refractivity (Wildman–Crippen MR) is 125 cm³/mol. The van der Waals surface area contributed by atoms with Crippen LogP contribution >= 0.6 is 35.6 Å². The summed E-state index contributed by atoms with van der Waals surface area (Å²) in [7, 11) is 0. The smallest absolute Gasteiger partial charge is 0.332 e. The zero-order valence-corrected chi connectivity index (χ0v) is 18.9. The number of ether oxygens (including phenoxy) is 1. The Hall–Kier alpha value is -1.98. The van der Waals surface area contributed by atoms with Crippen LogP contribution in [-0.2, 0) is 9.53 Å². The molecule has 2 aromatic carbocycles. The van der Waals surface area contributed by atoms with E-state index in [1.54, 1.807) is 18.4 Å². The molecular weight excluding hydrogens is 445 g/mol. The molecule has 3 rings (SSSR count). The van der Waals surface area contributed by atoms with Gasteiger partial charge < -0.3 is 9.84 Å². The number of hydrogen-bond donors (Lipinski definition) is 1. The van der Waals surface area contributed by atoms with Gasteiger partial charge in [-0.25, -0.2) is 4.79 Å². The fraction of sp³-hybridized carbons (Fsp3) is 0.261. The fourth-order valence-corrected chi connectivity index (χ4v) is 3.84. The van der Waals surface area contributed by atoms with Crippen LogP contribution in [0.4, 0.5) is 0 Å². The predicted octanol–water partition coefficient (Wildman–Crippen LogP) is 5.85. The van der Waals surface area contributed by atoms with E-state index in [9.17, 15) is 4.79 Å². The first-order valence-electron chi connectivity index (χ1n) is 9.43. The van der Waals surface area contributed by atoms with E-state index in [1.165, 1.54) is 0 Å². The molecule has 7 heteroatoms. The molecule has 1 heterocycles. The molecule has 1 aliphatic rings. The van der Waals surface area contributed by atoms with Gasteiger partial charge in [-0.05, 0) is 36.6 Å². The summed E-state index contributed by atoms with van der Waals surface area (Å²) in [5, 5.41) is 10.3. The molecule has 0 spiro atoms. The Morgan fingerprint density at radius 3 is 2.67 bits per heavy atom. The topological polar surface area (TPSA) is 49.8 Å². The van der Waals surface area contributed by atoms with Crippen LogP contribution in [0.3, 0.4) is 0 Å². The summed E-state index contributed by atoms with van der Waals surface area (Å²) in [5.41, 5.74) is 4.32. The molecule has 0 radical (unpaired) electrons. The molecule has 4 nitrogen and oxygen atoms in total. The van der Waals surface area contributed by atoms with Gasteiger partial charge in [0.1, 0.15) is 6.61 Å². The Morgan fingerprint density at radius 1 is 1.20 bits per heavy atom. The molecule has 0 bridgehead atoms. The average Bonchev–Trinajstić information content (AvgIpc) is 2.70. The van der Waals surface area contributed by atoms with E-state index >= 15 is 0 Å². The van der Waals surface area contributed by atoms with E-state index in [1.807, 2.05) is 43.3 Å². The molecule has 1 N–H and O–H groups in total. The van der Waals surface area contributed by atoms with Crippen molar-refractivity contribution in [3.63, 3.8) is 0 Å². The quantitative estimate of drug-likeness (QED) is 0.409. The van der Waals surface area contributed by atoms with E-state index in [-0.39, 0.29) is 12.4 Å². The lowest BCUT2D eigenvalue weighted by atomic mass is 9.95. The Labute approximate surface area is 193 Å². The average molecular weight is 469 g/mol. The van der Waals surface area contributed by atoms with Crippen molar-refractivity contribution in [2.24, 2.45) is 0 Å². The molecule has 0 fully saturated rings. The van der Waals surface area contributed by atoms with Crippen LogP contribution in [0.25, 0.3) is 5.57 Å². The Bertz CT molecular complexity index is 956. The largest absolute Gasteiger partial charge is 0.499 e. The van der Waals surface area contributed by atoms with Crippen molar-refractivity contribution in [2.45, 2.75) is 13.3 Å². The first-order chi connectivity index (χ1) is 14.0. The van der Waals surface area contributed by atoms with Crippen LogP contribution in [0, 0.1) is 6.92 Å². The van der Waals surface area contributed by atoms with Gasteiger partial charge in [-0.15, -0.1) is 12.4 Å². The van der Waals surface area contributed by atoms with Gasteiger partial charge in [0.25, 0.3) is 0 Å². The number of carbonyl (C=O) groups is 1. The first-order valence-corrected chi connectivity index (χ1v) is 10.2. The summed E-state index contributed by atoms with van der Waals surface area (Å²) in [6.45, 7) is 4.41. The highest BCUT2D eigenvalue weighted by Crippen LogP contribution is 2.32. The number of carboxylic acid groups (broad SMARTS) is 1. The van der Waals surface area contributed by atoms with Crippen LogP contribution < -0.4 is 0 Å². The minimum Gasteiger partial charge on any atom is -0.499 e. The van der Waals surface area contributed by atoms with Crippen molar-refractivity contribution in [1.29, 1.82) is 0 Å². The van der Waals surface area contributed by atoms with Gasteiger partial charge in [0, 0.05) is 41.4 Å². The molecule has 0 aromatic heterocycles. The van der Waals surface area contributed by atoms with E-state index < -0.39 is 5.97 Å². The molecule has 30 heavy (non-hydrogen) atoms. The number of rotatable bonds is 7. The van der Waals surface area contributed by atoms with Crippen LogP contribution in [0.2, 0.25) is 10.0 Å². The number of benzene rings is 2. The molecular formula is C23H24Cl3NO3. The zero-order valence-electron chi connectivity index (χ0n) is 16.6. The van der Waals surface area contributed by atoms with Crippen LogP contribution in [0.1, 0.15) is 23.1 Å². The summed E-state index contributed by atoms with van der Waals surface area (Å²) < 4.78 is 5.88. The van der Waals surface area contributed by atoms with E-state index in [0.717, 1.165) is 35.2 Å². The lowest BCUT2D eigenvalue weighted by Crippen LogP contribution is -2.34. The molecule has 0 amide bonds. The van der Waals surface area contributed by atoms with Crippen molar-refractivity contribution in [1.82, 2.24) is 4.90 Å². The highest BCUT2D eigenvalue weighted by atomic mass is 35.5. The van der Waals surface area contributed by atoms with Gasteiger partial charge >= 0.3 is 5.97 Å². The number of nitrogens with zero attached hydrogens (tertiary/aromatic N) is 1. The maximum Gasteiger partial charge on any atom is 0.332 e. The monoisotopic (exact) mass is 467 g/mol. The SMILES string of the molecule is Cc1ccccc1/C(=C\OCCN1CCC=C(C(=O)O)C1)c1ccc(Cl)cc1Cl.Cl. The molecule has 160 valence electrons. The third kappa shape index (κ3) is 6.26. The van der Waals surface area contributed by atoms with Crippen molar-refractivity contribution in [3.8, 4) is 0 Å². The van der Waals surface area contributed by atoms with Crippen LogP contribution in [0.15, 0.2) is 60.4 Å². The molecule has 0 saturated heterocycles. The molecule has 0 atom stereocenters. The summed E-state index contributed by atoms with van der Waals surface area (Å²) in [6, 6.07) is 13.5. The summed E-state index contributed by atoms with van der Waals surface area (Å²) in [4.78, 5) is 13.2. The fourth-order valence-electron chi connectivity index (χ4n) is 3.33. The summed E-state index contributed by atoms with van der Waals surface area (Å²) in [5.74, 6) is -0.852. The lowest BCUT2D eigenvalue weighted by Gasteiger charge is -2.25. The minimum absolute atomic E-state index is 0. The van der Waals surface area contributed by atoms with Crippen LogP contribution in [-0.4, -0.2) is 42.2 Å². The second-order valence-electron chi connectivity index (χ2n) is 6.94. The summed E-state index contributed by atoms with van der Waals surface area (Å²) >= 11 is 12.5. The number of halogens is 3. The normalized spacial score (nSPS) is 14.6. The number of hydrogen-bond acceptors (Lipinski definition) is 3. The second kappa shape index (κ2) is 11.4. The number of aliphatic carboxylic acids is 1. The van der Waals surface area contributed by atoms with Gasteiger partial charge in [-0.1, -0.05) is 59.6 Å². The Morgan fingerprint density at radius 2 is 1.97 bits per heavy atom. The molecule has 0 saturated carbocycles. The molecule has 0 unspecified atom stereocenters. The van der Waals surface area contributed by atoms with E-state index in [4.69, 9.17) is 33.0 Å². The first kappa shape index (κ1) is 24.3.